The second kappa shape index (κ2) is 3.70. The van der Waals surface area contributed by atoms with Crippen molar-refractivity contribution in [3.63, 3.8) is 0 Å². The van der Waals surface area contributed by atoms with Gasteiger partial charge < -0.3 is 0 Å². The number of hydrogen-bond acceptors (Lipinski definition) is 1. The molecule has 0 saturated heterocycles. The summed E-state index contributed by atoms with van der Waals surface area (Å²) in [6.45, 7) is 3.20. The predicted molar refractivity (Wildman–Crippen MR) is 35.0 cm³/mol. The highest BCUT2D eigenvalue weighted by Gasteiger charge is 1.97. The lowest BCUT2D eigenvalue weighted by Gasteiger charge is -1.83. The molecule has 0 spiro atoms. The Labute approximate surface area is 57.6 Å². The molecule has 0 unspecified atom stereocenters. The fraction of sp³-hybridized carbons (Fsp3) is 0. The highest BCUT2D eigenvalue weighted by atomic mass is 35.5. The fourth-order valence-corrected chi connectivity index (χ4v) is 0.336. The molecule has 0 saturated carbocycles. The molecule has 0 heterocycles. The lowest BCUT2D eigenvalue weighted by atomic mass is 10.4. The van der Waals surface area contributed by atoms with Crippen LogP contribution in [0.3, 0.4) is 0 Å². The maximum atomic E-state index is 10.3. The first-order valence-electron chi connectivity index (χ1n) is 1.85. The number of carbonyl (C=O) groups excluding carboxylic acids is 1. The molecule has 0 amide bonds. The summed E-state index contributed by atoms with van der Waals surface area (Å²) in [6.07, 6.45) is 1.10. The van der Waals surface area contributed by atoms with Crippen LogP contribution in [-0.4, -0.2) is 5.78 Å². The third-order valence-corrected chi connectivity index (χ3v) is 1.14. The summed E-state index contributed by atoms with van der Waals surface area (Å²) in [6, 6.07) is 0. The average Bonchev–Trinajstić information content (AvgIpc) is 1.84. The zero-order chi connectivity index (χ0) is 6.57. The molecule has 0 aliphatic carbocycles. The van der Waals surface area contributed by atoms with Crippen LogP contribution in [0, 0.1) is 0 Å². The molecule has 0 aliphatic rings. The number of ketones is 1. The molecular formula is C5H4Cl2O. The van der Waals surface area contributed by atoms with E-state index in [2.05, 4.69) is 6.58 Å². The van der Waals surface area contributed by atoms with Gasteiger partial charge in [-0.1, -0.05) is 29.8 Å². The van der Waals surface area contributed by atoms with Crippen LogP contribution in [0.5, 0.6) is 0 Å². The molecule has 0 aromatic heterocycles. The van der Waals surface area contributed by atoms with Crippen LogP contribution in [0.25, 0.3) is 0 Å². The van der Waals surface area contributed by atoms with Crippen LogP contribution in [0.15, 0.2) is 23.2 Å². The first-order valence-corrected chi connectivity index (χ1v) is 2.66. The van der Waals surface area contributed by atoms with Gasteiger partial charge in [-0.05, 0) is 6.08 Å². The van der Waals surface area contributed by atoms with Gasteiger partial charge in [-0.15, -0.1) is 0 Å². The van der Waals surface area contributed by atoms with E-state index in [1.54, 1.807) is 0 Å². The van der Waals surface area contributed by atoms with Crippen molar-refractivity contribution in [2.75, 3.05) is 0 Å². The van der Waals surface area contributed by atoms with Gasteiger partial charge in [-0.25, -0.2) is 0 Å². The van der Waals surface area contributed by atoms with Crippen LogP contribution in [0.4, 0.5) is 0 Å². The zero-order valence-corrected chi connectivity index (χ0v) is 5.54. The van der Waals surface area contributed by atoms with Crippen LogP contribution in [0.2, 0.25) is 0 Å². The van der Waals surface area contributed by atoms with Gasteiger partial charge in [-0.2, -0.15) is 0 Å². The first-order chi connectivity index (χ1) is 3.72. The third-order valence-electron chi connectivity index (χ3n) is 0.517. The van der Waals surface area contributed by atoms with Crippen molar-refractivity contribution in [1.82, 2.24) is 0 Å². The molecule has 0 aromatic carbocycles. The van der Waals surface area contributed by atoms with E-state index in [-0.39, 0.29) is 10.8 Å². The van der Waals surface area contributed by atoms with Gasteiger partial charge in [-0.3, -0.25) is 4.79 Å². The smallest absolute Gasteiger partial charge is 0.197 e. The maximum absolute atomic E-state index is 10.3. The summed E-state index contributed by atoms with van der Waals surface area (Å²) in [4.78, 5) is 10.3. The maximum Gasteiger partial charge on any atom is 0.197 e. The van der Waals surface area contributed by atoms with Crippen molar-refractivity contribution in [1.29, 1.82) is 0 Å². The molecule has 0 fully saturated rings. The lowest BCUT2D eigenvalue weighted by molar-refractivity contribution is -0.110. The zero-order valence-electron chi connectivity index (χ0n) is 4.03. The van der Waals surface area contributed by atoms with Crippen molar-refractivity contribution in [3.05, 3.63) is 23.2 Å². The van der Waals surface area contributed by atoms with Crippen LogP contribution >= 0.6 is 23.2 Å². The van der Waals surface area contributed by atoms with Crippen molar-refractivity contribution in [3.8, 4) is 0 Å². The normalized spacial score (nSPS) is 11.0. The van der Waals surface area contributed by atoms with Crippen molar-refractivity contribution >= 4 is 29.0 Å². The van der Waals surface area contributed by atoms with E-state index in [0.29, 0.717) is 0 Å². The summed E-state index contributed by atoms with van der Waals surface area (Å²) in [7, 11) is 0. The minimum absolute atomic E-state index is 0.0123. The van der Waals surface area contributed by atoms with Crippen LogP contribution in [-0.2, 0) is 4.79 Å². The van der Waals surface area contributed by atoms with Crippen LogP contribution in [0.1, 0.15) is 0 Å². The van der Waals surface area contributed by atoms with Gasteiger partial charge in [0.15, 0.2) is 5.78 Å². The highest BCUT2D eigenvalue weighted by Crippen LogP contribution is 2.03. The minimum atomic E-state index is -0.360. The second-order valence-electron chi connectivity index (χ2n) is 1.03. The van der Waals surface area contributed by atoms with Gasteiger partial charge >= 0.3 is 0 Å². The molecular weight excluding hydrogens is 147 g/mol. The van der Waals surface area contributed by atoms with Gasteiger partial charge in [0.25, 0.3) is 0 Å². The molecule has 0 N–H and O–H groups in total. The first kappa shape index (κ1) is 7.73. The average molecular weight is 151 g/mol. The molecule has 1 nitrogen and oxygen atoms in total. The Bertz CT molecular complexity index is 137. The highest BCUT2D eigenvalue weighted by molar-refractivity contribution is 6.47. The Morgan fingerprint density at radius 2 is 2.12 bits per heavy atom. The quantitative estimate of drug-likeness (QED) is 0.552. The molecule has 8 heavy (non-hydrogen) atoms. The number of rotatable bonds is 2. The van der Waals surface area contributed by atoms with E-state index in [4.69, 9.17) is 23.2 Å². The summed E-state index contributed by atoms with van der Waals surface area (Å²) in [5.41, 5.74) is 1.01. The van der Waals surface area contributed by atoms with E-state index in [0.717, 1.165) is 11.6 Å². The Morgan fingerprint density at radius 1 is 1.62 bits per heavy atom. The van der Waals surface area contributed by atoms with E-state index >= 15 is 0 Å². The summed E-state index contributed by atoms with van der Waals surface area (Å²) >= 11 is 10.3. The van der Waals surface area contributed by atoms with Crippen molar-refractivity contribution < 1.29 is 4.79 Å². The number of hydrogen-bond donors (Lipinski definition) is 0. The number of allylic oxidation sites excluding steroid dienone is 2. The number of carbonyl (C=O) groups is 1. The predicted octanol–water partition coefficient (Wildman–Crippen LogP) is 2.06. The molecule has 0 aromatic rings. The fourth-order valence-electron chi connectivity index (χ4n) is 0.151. The SMILES string of the molecule is C=CC(=O)/C(Cl)=C/Cl. The van der Waals surface area contributed by atoms with Gasteiger partial charge in [0.05, 0.1) is 5.03 Å². The second-order valence-corrected chi connectivity index (χ2v) is 1.65. The van der Waals surface area contributed by atoms with Gasteiger partial charge in [0, 0.05) is 5.54 Å². The Hall–Kier alpha value is -0.270. The summed E-state index contributed by atoms with van der Waals surface area (Å²) < 4.78 is 0. The Morgan fingerprint density at radius 3 is 2.25 bits per heavy atom. The monoisotopic (exact) mass is 150 g/mol. The molecule has 0 bridgehead atoms. The summed E-state index contributed by atoms with van der Waals surface area (Å²) in [5, 5.41) is -0.0123. The third kappa shape index (κ3) is 2.15. The Kier molecular flexibility index (Phi) is 3.57. The molecule has 0 rings (SSSR count). The molecule has 0 aliphatic heterocycles. The minimum Gasteiger partial charge on any atom is -0.288 e. The molecule has 44 valence electrons. The lowest BCUT2D eigenvalue weighted by Crippen LogP contribution is -1.88. The topological polar surface area (TPSA) is 17.1 Å². The van der Waals surface area contributed by atoms with E-state index in [9.17, 15) is 4.79 Å². The van der Waals surface area contributed by atoms with E-state index in [1.807, 2.05) is 0 Å². The summed E-state index contributed by atoms with van der Waals surface area (Å²) in [5.74, 6) is -0.360. The van der Waals surface area contributed by atoms with Gasteiger partial charge in [0.1, 0.15) is 0 Å². The van der Waals surface area contributed by atoms with Crippen molar-refractivity contribution in [2.45, 2.75) is 0 Å². The van der Waals surface area contributed by atoms with Gasteiger partial charge in [0.2, 0.25) is 0 Å². The van der Waals surface area contributed by atoms with Crippen molar-refractivity contribution in [2.24, 2.45) is 0 Å². The standard InChI is InChI=1S/C5H4Cl2O/c1-2-5(8)4(7)3-6/h2-3H,1H2/b4-3-. The van der Waals surface area contributed by atoms with E-state index in [1.165, 1.54) is 0 Å². The number of halogens is 2. The molecule has 3 heteroatoms. The van der Waals surface area contributed by atoms with E-state index < -0.39 is 0 Å². The molecule has 0 radical (unpaired) electrons. The van der Waals surface area contributed by atoms with Crippen LogP contribution < -0.4 is 0 Å². The molecule has 0 atom stereocenters. The largest absolute Gasteiger partial charge is 0.288 e. The Balaban J connectivity index is 4.03.